The Bertz CT molecular complexity index is 886. The lowest BCUT2D eigenvalue weighted by atomic mass is 9.41. The molecule has 34 heavy (non-hydrogen) atoms. The number of hydrogen-bond donors (Lipinski definition) is 3. The maximum atomic E-state index is 11.2. The summed E-state index contributed by atoms with van der Waals surface area (Å²) < 4.78 is 0. The summed E-state index contributed by atoms with van der Waals surface area (Å²) >= 11 is 0. The van der Waals surface area contributed by atoms with Crippen LogP contribution < -0.4 is 0 Å². The summed E-state index contributed by atoms with van der Waals surface area (Å²) in [6, 6.07) is 0. The van der Waals surface area contributed by atoms with E-state index >= 15 is 0 Å². The normalized spacial score (nSPS) is 45.4. The summed E-state index contributed by atoms with van der Waals surface area (Å²) in [5.41, 5.74) is 2.52. The largest absolute Gasteiger partial charge is 0.478 e. The van der Waals surface area contributed by atoms with Crippen LogP contribution in [0.4, 0.5) is 0 Å². The average Bonchev–Trinajstić information content (AvgIpc) is 3.02. The number of aliphatic hydroxyl groups excluding tert-OH is 2. The molecule has 4 aliphatic carbocycles. The minimum absolute atomic E-state index is 0.0405. The molecule has 2 unspecified atom stereocenters. The molecule has 4 heteroatoms. The molecule has 0 aromatic carbocycles. The second kappa shape index (κ2) is 8.47. The van der Waals surface area contributed by atoms with E-state index < -0.39 is 12.1 Å². The lowest BCUT2D eigenvalue weighted by molar-refractivity contribution is -0.132. The maximum absolute atomic E-state index is 11.2. The minimum atomic E-state index is -0.958. The summed E-state index contributed by atoms with van der Waals surface area (Å²) in [5, 5.41) is 30.6. The summed E-state index contributed by atoms with van der Waals surface area (Å²) in [4.78, 5) is 11.2. The molecule has 4 rings (SSSR count). The van der Waals surface area contributed by atoms with E-state index in [4.69, 9.17) is 5.11 Å². The fourth-order valence-electron chi connectivity index (χ4n) is 9.63. The van der Waals surface area contributed by atoms with E-state index in [1.165, 1.54) is 31.8 Å². The van der Waals surface area contributed by atoms with Gasteiger partial charge < -0.3 is 15.3 Å². The summed E-state index contributed by atoms with van der Waals surface area (Å²) in [7, 11) is 0. The van der Waals surface area contributed by atoms with Crippen molar-refractivity contribution in [3.05, 3.63) is 23.3 Å². The molecule has 0 aromatic rings. The molecule has 0 aromatic heterocycles. The molecular weight excluding hydrogens is 424 g/mol. The van der Waals surface area contributed by atoms with Gasteiger partial charge in [0.25, 0.3) is 0 Å². The Morgan fingerprint density at radius 2 is 1.79 bits per heavy atom. The predicted octanol–water partition coefficient (Wildman–Crippen LogP) is 6.37. The molecule has 0 aliphatic heterocycles. The Balaban J connectivity index is 1.60. The molecule has 0 spiro atoms. The van der Waals surface area contributed by atoms with Crippen LogP contribution in [0.2, 0.25) is 0 Å². The van der Waals surface area contributed by atoms with Gasteiger partial charge in [0.15, 0.2) is 0 Å². The highest BCUT2D eigenvalue weighted by atomic mass is 16.4. The Morgan fingerprint density at radius 1 is 1.12 bits per heavy atom. The van der Waals surface area contributed by atoms with Gasteiger partial charge in [0, 0.05) is 5.57 Å². The number of rotatable bonds is 5. The van der Waals surface area contributed by atoms with Crippen LogP contribution in [0.3, 0.4) is 0 Å². The first kappa shape index (κ1) is 25.9. The second-order valence-electron chi connectivity index (χ2n) is 13.8. The van der Waals surface area contributed by atoms with E-state index in [9.17, 15) is 15.0 Å². The van der Waals surface area contributed by atoms with Crippen molar-refractivity contribution in [1.29, 1.82) is 0 Å². The van der Waals surface area contributed by atoms with Crippen molar-refractivity contribution >= 4 is 5.97 Å². The van der Waals surface area contributed by atoms with E-state index in [1.807, 2.05) is 0 Å². The van der Waals surface area contributed by atoms with Crippen molar-refractivity contribution in [1.82, 2.24) is 0 Å². The van der Waals surface area contributed by atoms with Crippen LogP contribution in [-0.4, -0.2) is 33.5 Å². The highest BCUT2D eigenvalue weighted by Crippen LogP contribution is 2.73. The first-order valence-electron chi connectivity index (χ1n) is 13.7. The number of carboxylic acid groups (broad SMARTS) is 1. The number of fused-ring (bicyclic) bond motifs is 5. The Kier molecular flexibility index (Phi) is 6.47. The highest BCUT2D eigenvalue weighted by molar-refractivity contribution is 5.85. The number of aliphatic hydroxyl groups is 2. The van der Waals surface area contributed by atoms with Crippen molar-refractivity contribution in [2.24, 2.45) is 45.3 Å². The topological polar surface area (TPSA) is 77.8 Å². The van der Waals surface area contributed by atoms with Gasteiger partial charge in [-0.3, -0.25) is 0 Å². The van der Waals surface area contributed by atoms with E-state index in [1.54, 1.807) is 12.5 Å². The number of carboxylic acids is 1. The SMILES string of the molecule is C/C(=C\[C@H](O)C[C@@H](C)[C@H]1CC[C@@]2(C)C3=CCC4C(C)(C)C(O)CC[C@]4(C)[C@@H]3CC[C@]12C)C(=O)O. The molecule has 0 heterocycles. The van der Waals surface area contributed by atoms with Gasteiger partial charge in [-0.25, -0.2) is 4.79 Å². The molecule has 0 amide bonds. The minimum Gasteiger partial charge on any atom is -0.478 e. The molecule has 4 aliphatic rings. The third-order valence-electron chi connectivity index (χ3n) is 12.0. The van der Waals surface area contributed by atoms with Gasteiger partial charge in [-0.1, -0.05) is 53.2 Å². The maximum Gasteiger partial charge on any atom is 0.331 e. The highest BCUT2D eigenvalue weighted by Gasteiger charge is 2.65. The van der Waals surface area contributed by atoms with E-state index in [-0.39, 0.29) is 33.3 Å². The third kappa shape index (κ3) is 3.65. The monoisotopic (exact) mass is 472 g/mol. The average molecular weight is 473 g/mol. The van der Waals surface area contributed by atoms with Gasteiger partial charge in [-0.2, -0.15) is 0 Å². The standard InChI is InChI=1S/C30H48O4/c1-18(16-20(31)17-19(2)26(33)34)21-10-14-30(7)23-8-9-24-27(3,4)25(32)12-13-28(24,5)22(23)11-15-29(21,30)6/h8,17-18,20-22,24-25,31-32H,9-16H2,1-7H3,(H,33,34)/b19-17+/t18-,20-,21-,22-,24?,25?,28-,29-,30+/m1/s1. The van der Waals surface area contributed by atoms with Crippen LogP contribution in [0.5, 0.6) is 0 Å². The number of carbonyl (C=O) groups is 1. The Labute approximate surface area is 206 Å². The van der Waals surface area contributed by atoms with Crippen LogP contribution >= 0.6 is 0 Å². The van der Waals surface area contributed by atoms with Gasteiger partial charge in [0.2, 0.25) is 0 Å². The zero-order valence-electron chi connectivity index (χ0n) is 22.5. The van der Waals surface area contributed by atoms with Crippen molar-refractivity contribution in [3.8, 4) is 0 Å². The molecular formula is C30H48O4. The van der Waals surface area contributed by atoms with Gasteiger partial charge in [-0.15, -0.1) is 0 Å². The Morgan fingerprint density at radius 3 is 2.44 bits per heavy atom. The predicted molar refractivity (Wildman–Crippen MR) is 136 cm³/mol. The molecule has 3 saturated carbocycles. The smallest absolute Gasteiger partial charge is 0.331 e. The van der Waals surface area contributed by atoms with Gasteiger partial charge in [0.05, 0.1) is 12.2 Å². The fraction of sp³-hybridized carbons (Fsp3) is 0.833. The van der Waals surface area contributed by atoms with E-state index in [0.29, 0.717) is 30.1 Å². The van der Waals surface area contributed by atoms with Crippen LogP contribution in [0, 0.1) is 45.3 Å². The first-order chi connectivity index (χ1) is 15.7. The van der Waals surface area contributed by atoms with Crippen LogP contribution in [-0.2, 0) is 4.79 Å². The van der Waals surface area contributed by atoms with Crippen molar-refractivity contribution in [2.75, 3.05) is 0 Å². The number of hydrogen-bond acceptors (Lipinski definition) is 3. The zero-order valence-corrected chi connectivity index (χ0v) is 22.5. The van der Waals surface area contributed by atoms with E-state index in [0.717, 1.165) is 19.3 Å². The number of allylic oxidation sites excluding steroid dienone is 2. The van der Waals surface area contributed by atoms with Gasteiger partial charge in [-0.05, 0) is 110 Å². The van der Waals surface area contributed by atoms with Crippen LogP contribution in [0.25, 0.3) is 0 Å². The van der Waals surface area contributed by atoms with Crippen molar-refractivity contribution < 1.29 is 20.1 Å². The summed E-state index contributed by atoms with van der Waals surface area (Å²) in [6.45, 7) is 15.9. The van der Waals surface area contributed by atoms with Crippen molar-refractivity contribution in [2.45, 2.75) is 112 Å². The molecule has 192 valence electrons. The van der Waals surface area contributed by atoms with E-state index in [2.05, 4.69) is 47.6 Å². The van der Waals surface area contributed by atoms with Crippen molar-refractivity contribution in [3.63, 3.8) is 0 Å². The first-order valence-corrected chi connectivity index (χ1v) is 13.7. The molecule has 0 radical (unpaired) electrons. The molecule has 4 nitrogen and oxygen atoms in total. The Hall–Kier alpha value is -1.13. The fourth-order valence-corrected chi connectivity index (χ4v) is 9.63. The molecule has 0 bridgehead atoms. The van der Waals surface area contributed by atoms with Crippen LogP contribution in [0.1, 0.15) is 99.8 Å². The lowest BCUT2D eigenvalue weighted by Gasteiger charge is -2.64. The van der Waals surface area contributed by atoms with Crippen LogP contribution in [0.15, 0.2) is 23.3 Å². The zero-order chi connectivity index (χ0) is 25.3. The van der Waals surface area contributed by atoms with Gasteiger partial charge >= 0.3 is 5.97 Å². The molecule has 3 N–H and O–H groups in total. The quantitative estimate of drug-likeness (QED) is 0.321. The second-order valence-corrected chi connectivity index (χ2v) is 13.8. The number of aliphatic carboxylic acids is 1. The summed E-state index contributed by atoms with van der Waals surface area (Å²) in [5.74, 6) is 1.05. The van der Waals surface area contributed by atoms with Gasteiger partial charge in [0.1, 0.15) is 0 Å². The molecule has 3 fully saturated rings. The molecule has 0 saturated heterocycles. The third-order valence-corrected chi connectivity index (χ3v) is 12.0. The molecule has 9 atom stereocenters. The lowest BCUT2D eigenvalue weighted by Crippen LogP contribution is -2.58. The summed E-state index contributed by atoms with van der Waals surface area (Å²) in [6.07, 6.45) is 11.7.